The lowest BCUT2D eigenvalue weighted by molar-refractivity contribution is 0.0102. The van der Waals surface area contributed by atoms with E-state index in [-0.39, 0.29) is 6.10 Å². The molecule has 0 aromatic heterocycles. The van der Waals surface area contributed by atoms with Crippen molar-refractivity contribution in [3.05, 3.63) is 28.7 Å². The molecule has 0 radical (unpaired) electrons. The minimum Gasteiger partial charge on any atom is -0.376 e. The number of halogens is 1. The summed E-state index contributed by atoms with van der Waals surface area (Å²) >= 11 is 3.29. The normalized spacial score (nSPS) is 22.6. The molecule has 0 spiro atoms. The van der Waals surface area contributed by atoms with Crippen LogP contribution in [0.4, 0.5) is 0 Å². The van der Waals surface area contributed by atoms with E-state index in [4.69, 9.17) is 4.74 Å². The molecule has 17 heavy (non-hydrogen) atoms. The van der Waals surface area contributed by atoms with Crippen molar-refractivity contribution in [2.45, 2.75) is 17.9 Å². The van der Waals surface area contributed by atoms with Crippen molar-refractivity contribution in [2.24, 2.45) is 0 Å². The van der Waals surface area contributed by atoms with Gasteiger partial charge < -0.3 is 4.74 Å². The molecular formula is C11H14BrNO3S. The molecule has 0 saturated carbocycles. The van der Waals surface area contributed by atoms with Gasteiger partial charge in [0.1, 0.15) is 0 Å². The number of morpholine rings is 1. The minimum atomic E-state index is -3.38. The quantitative estimate of drug-likeness (QED) is 0.836. The van der Waals surface area contributed by atoms with Crippen molar-refractivity contribution in [2.75, 3.05) is 19.7 Å². The number of benzene rings is 1. The zero-order valence-corrected chi connectivity index (χ0v) is 11.9. The van der Waals surface area contributed by atoms with Gasteiger partial charge in [0.05, 0.1) is 17.6 Å². The van der Waals surface area contributed by atoms with Crippen molar-refractivity contribution >= 4 is 26.0 Å². The van der Waals surface area contributed by atoms with Gasteiger partial charge in [-0.3, -0.25) is 0 Å². The molecule has 0 N–H and O–H groups in total. The second kappa shape index (κ2) is 5.06. The molecule has 2 rings (SSSR count). The maximum absolute atomic E-state index is 12.3. The second-order valence-electron chi connectivity index (χ2n) is 4.00. The summed E-state index contributed by atoms with van der Waals surface area (Å²) in [6.07, 6.45) is -0.0472. The van der Waals surface area contributed by atoms with Crippen molar-refractivity contribution in [1.29, 1.82) is 0 Å². The molecule has 1 aliphatic rings. The van der Waals surface area contributed by atoms with E-state index in [0.717, 1.165) is 4.47 Å². The van der Waals surface area contributed by atoms with Crippen molar-refractivity contribution in [1.82, 2.24) is 4.31 Å². The largest absolute Gasteiger partial charge is 0.376 e. The summed E-state index contributed by atoms with van der Waals surface area (Å²) in [5.41, 5.74) is 0. The number of nitrogens with zero attached hydrogens (tertiary/aromatic N) is 1. The highest BCUT2D eigenvalue weighted by Gasteiger charge is 2.28. The third kappa shape index (κ3) is 2.88. The van der Waals surface area contributed by atoms with Gasteiger partial charge in [0.15, 0.2) is 0 Å². The number of hydrogen-bond donors (Lipinski definition) is 0. The average Bonchev–Trinajstić information content (AvgIpc) is 2.29. The van der Waals surface area contributed by atoms with Crippen LogP contribution in [-0.4, -0.2) is 38.5 Å². The van der Waals surface area contributed by atoms with E-state index in [1.54, 1.807) is 24.3 Å². The Morgan fingerprint density at radius 2 is 2.00 bits per heavy atom. The summed E-state index contributed by atoms with van der Waals surface area (Å²) in [5.74, 6) is 0. The first-order chi connectivity index (χ1) is 8.00. The maximum atomic E-state index is 12.3. The molecule has 1 unspecified atom stereocenters. The molecule has 1 aromatic rings. The SMILES string of the molecule is CC1CN(S(=O)(=O)c2ccc(Br)cc2)CCO1. The van der Waals surface area contributed by atoms with Gasteiger partial charge in [0.2, 0.25) is 10.0 Å². The lowest BCUT2D eigenvalue weighted by Crippen LogP contribution is -2.44. The van der Waals surface area contributed by atoms with Crippen molar-refractivity contribution < 1.29 is 13.2 Å². The highest BCUT2D eigenvalue weighted by Crippen LogP contribution is 2.20. The van der Waals surface area contributed by atoms with Gasteiger partial charge in [-0.1, -0.05) is 15.9 Å². The lowest BCUT2D eigenvalue weighted by atomic mass is 10.3. The first-order valence-corrected chi connectivity index (χ1v) is 7.61. The van der Waals surface area contributed by atoms with Gasteiger partial charge in [-0.05, 0) is 31.2 Å². The Bertz CT molecular complexity index is 486. The van der Waals surface area contributed by atoms with E-state index in [1.165, 1.54) is 4.31 Å². The predicted molar refractivity (Wildman–Crippen MR) is 68.3 cm³/mol. The number of ether oxygens (including phenoxy) is 1. The van der Waals surface area contributed by atoms with Gasteiger partial charge in [-0.15, -0.1) is 0 Å². The first-order valence-electron chi connectivity index (χ1n) is 5.37. The lowest BCUT2D eigenvalue weighted by Gasteiger charge is -2.30. The zero-order chi connectivity index (χ0) is 12.5. The topological polar surface area (TPSA) is 46.6 Å². The van der Waals surface area contributed by atoms with Crippen LogP contribution in [0.2, 0.25) is 0 Å². The monoisotopic (exact) mass is 319 g/mol. The van der Waals surface area contributed by atoms with Crippen molar-refractivity contribution in [3.8, 4) is 0 Å². The Morgan fingerprint density at radius 3 is 2.59 bits per heavy atom. The van der Waals surface area contributed by atoms with Gasteiger partial charge in [0, 0.05) is 17.6 Å². The molecule has 1 atom stereocenters. The fourth-order valence-electron chi connectivity index (χ4n) is 1.76. The summed E-state index contributed by atoms with van der Waals surface area (Å²) in [6, 6.07) is 6.69. The Labute approximate surface area is 110 Å². The fourth-order valence-corrected chi connectivity index (χ4v) is 3.52. The summed E-state index contributed by atoms with van der Waals surface area (Å²) < 4.78 is 32.3. The van der Waals surface area contributed by atoms with Crippen LogP contribution in [0.25, 0.3) is 0 Å². The van der Waals surface area contributed by atoms with Gasteiger partial charge in [-0.25, -0.2) is 8.42 Å². The Hall–Kier alpha value is -0.430. The van der Waals surface area contributed by atoms with E-state index >= 15 is 0 Å². The molecule has 1 aliphatic heterocycles. The van der Waals surface area contributed by atoms with E-state index < -0.39 is 10.0 Å². The van der Waals surface area contributed by atoms with Gasteiger partial charge in [-0.2, -0.15) is 4.31 Å². The van der Waals surface area contributed by atoms with Crippen LogP contribution in [0.15, 0.2) is 33.6 Å². The third-order valence-corrected chi connectivity index (χ3v) is 5.06. The second-order valence-corrected chi connectivity index (χ2v) is 6.85. The smallest absolute Gasteiger partial charge is 0.243 e. The molecule has 0 amide bonds. The van der Waals surface area contributed by atoms with Crippen LogP contribution in [0.3, 0.4) is 0 Å². The number of hydrogen-bond acceptors (Lipinski definition) is 3. The summed E-state index contributed by atoms with van der Waals surface area (Å²) in [7, 11) is -3.38. The third-order valence-electron chi connectivity index (χ3n) is 2.66. The van der Waals surface area contributed by atoms with Crippen LogP contribution < -0.4 is 0 Å². The Balaban J connectivity index is 2.26. The van der Waals surface area contributed by atoms with Crippen LogP contribution in [0, 0.1) is 0 Å². The molecule has 1 aromatic carbocycles. The molecule has 1 saturated heterocycles. The molecule has 94 valence electrons. The standard InChI is InChI=1S/C11H14BrNO3S/c1-9-8-13(6-7-16-9)17(14,15)11-4-2-10(12)3-5-11/h2-5,9H,6-8H2,1H3. The van der Waals surface area contributed by atoms with Gasteiger partial charge >= 0.3 is 0 Å². The van der Waals surface area contributed by atoms with Crippen LogP contribution in [0.1, 0.15) is 6.92 Å². The summed E-state index contributed by atoms with van der Waals surface area (Å²) in [4.78, 5) is 0.329. The molecule has 0 bridgehead atoms. The van der Waals surface area contributed by atoms with Gasteiger partial charge in [0.25, 0.3) is 0 Å². The summed E-state index contributed by atoms with van der Waals surface area (Å²) in [5, 5.41) is 0. The molecule has 0 aliphatic carbocycles. The van der Waals surface area contributed by atoms with Crippen molar-refractivity contribution in [3.63, 3.8) is 0 Å². The Morgan fingerprint density at radius 1 is 1.35 bits per heavy atom. The fraction of sp³-hybridized carbons (Fsp3) is 0.455. The zero-order valence-electron chi connectivity index (χ0n) is 9.47. The first kappa shape index (κ1) is 13.0. The van der Waals surface area contributed by atoms with E-state index in [0.29, 0.717) is 24.6 Å². The number of rotatable bonds is 2. The average molecular weight is 320 g/mol. The highest BCUT2D eigenvalue weighted by molar-refractivity contribution is 9.10. The van der Waals surface area contributed by atoms with E-state index in [9.17, 15) is 8.42 Å². The van der Waals surface area contributed by atoms with Crippen LogP contribution in [-0.2, 0) is 14.8 Å². The van der Waals surface area contributed by atoms with Crippen LogP contribution >= 0.6 is 15.9 Å². The summed E-state index contributed by atoms with van der Waals surface area (Å²) in [6.45, 7) is 3.17. The van der Waals surface area contributed by atoms with E-state index in [1.807, 2.05) is 6.92 Å². The molecule has 1 heterocycles. The number of sulfonamides is 1. The highest BCUT2D eigenvalue weighted by atomic mass is 79.9. The minimum absolute atomic E-state index is 0.0472. The molecule has 6 heteroatoms. The van der Waals surface area contributed by atoms with E-state index in [2.05, 4.69) is 15.9 Å². The van der Waals surface area contributed by atoms with Crippen LogP contribution in [0.5, 0.6) is 0 Å². The molecule has 1 fully saturated rings. The predicted octanol–water partition coefficient (Wildman–Crippen LogP) is 1.86. The maximum Gasteiger partial charge on any atom is 0.243 e. The Kier molecular flexibility index (Phi) is 3.87. The molecule has 4 nitrogen and oxygen atoms in total. The molecular weight excluding hydrogens is 306 g/mol.